The van der Waals surface area contributed by atoms with Crippen molar-refractivity contribution in [3.05, 3.63) is 35.1 Å². The lowest BCUT2D eigenvalue weighted by molar-refractivity contribution is -0.170. The highest BCUT2D eigenvalue weighted by Crippen LogP contribution is 2.30. The van der Waals surface area contributed by atoms with Gasteiger partial charge >= 0.3 is 0 Å². The predicted molar refractivity (Wildman–Crippen MR) is 70.0 cm³/mol. The number of carbonyl (C=O) groups excluding carboxylic acids is 2. The lowest BCUT2D eigenvalue weighted by Crippen LogP contribution is -2.35. The van der Waals surface area contributed by atoms with Gasteiger partial charge in [0, 0.05) is 18.8 Å². The van der Waals surface area contributed by atoms with Gasteiger partial charge in [0.25, 0.3) is 0 Å². The fourth-order valence-corrected chi connectivity index (χ4v) is 2.39. The summed E-state index contributed by atoms with van der Waals surface area (Å²) in [5.41, 5.74) is 0.595. The van der Waals surface area contributed by atoms with Crippen molar-refractivity contribution in [2.24, 2.45) is 5.92 Å². The van der Waals surface area contributed by atoms with Crippen molar-refractivity contribution >= 4 is 11.6 Å². The molecule has 0 aliphatic heterocycles. The first-order chi connectivity index (χ1) is 9.60. The number of Topliss-reactive ketones (excluding diaryl/α,β-unsaturated/α-hetero) is 2. The predicted octanol–water partition coefficient (Wildman–Crippen LogP) is 2.15. The van der Waals surface area contributed by atoms with Crippen LogP contribution in [0.15, 0.2) is 18.2 Å². The molecule has 1 atom stereocenters. The molecule has 1 aliphatic carbocycles. The summed E-state index contributed by atoms with van der Waals surface area (Å²) < 4.78 is 24.1. The first kappa shape index (κ1) is 14.8. The smallest absolute Gasteiger partial charge is 0.218 e. The molecule has 0 bridgehead atoms. The Hall–Kier alpha value is -1.59. The number of hydrogen-bond donors (Lipinski definition) is 0. The summed E-state index contributed by atoms with van der Waals surface area (Å²) >= 11 is 0. The van der Waals surface area contributed by atoms with E-state index in [0.29, 0.717) is 18.8 Å². The topological polar surface area (TPSA) is 52.6 Å². The Bertz CT molecular complexity index is 521. The maximum absolute atomic E-state index is 13.7. The lowest BCUT2D eigenvalue weighted by Gasteiger charge is -2.18. The SMILES string of the molecule is CCOC(OCC)C(=O)C1Cc2c(F)cccc2C1=O. The van der Waals surface area contributed by atoms with E-state index < -0.39 is 23.8 Å². The molecular formula is C15H17FO4. The van der Waals surface area contributed by atoms with Crippen LogP contribution in [0.1, 0.15) is 29.8 Å². The van der Waals surface area contributed by atoms with Crippen molar-refractivity contribution < 1.29 is 23.5 Å². The fraction of sp³-hybridized carbons (Fsp3) is 0.467. The third kappa shape index (κ3) is 2.64. The summed E-state index contributed by atoms with van der Waals surface area (Å²) in [4.78, 5) is 24.5. The monoisotopic (exact) mass is 280 g/mol. The van der Waals surface area contributed by atoms with Crippen LogP contribution in [0, 0.1) is 11.7 Å². The van der Waals surface area contributed by atoms with E-state index in [1.165, 1.54) is 12.1 Å². The average Bonchev–Trinajstić information content (AvgIpc) is 2.77. The van der Waals surface area contributed by atoms with Crippen molar-refractivity contribution in [2.45, 2.75) is 26.6 Å². The van der Waals surface area contributed by atoms with Gasteiger partial charge in [-0.3, -0.25) is 9.59 Å². The molecular weight excluding hydrogens is 263 g/mol. The Kier molecular flexibility index (Phi) is 4.62. The first-order valence-electron chi connectivity index (χ1n) is 6.68. The van der Waals surface area contributed by atoms with Crippen molar-refractivity contribution in [1.82, 2.24) is 0 Å². The molecule has 0 aromatic heterocycles. The Morgan fingerprint density at radius 2 is 2.00 bits per heavy atom. The zero-order valence-corrected chi connectivity index (χ0v) is 11.5. The molecule has 0 N–H and O–H groups in total. The van der Waals surface area contributed by atoms with Crippen LogP contribution >= 0.6 is 0 Å². The van der Waals surface area contributed by atoms with E-state index >= 15 is 0 Å². The first-order valence-corrected chi connectivity index (χ1v) is 6.68. The van der Waals surface area contributed by atoms with Crippen molar-refractivity contribution in [3.8, 4) is 0 Å². The van der Waals surface area contributed by atoms with E-state index in [1.54, 1.807) is 19.9 Å². The minimum atomic E-state index is -1.06. The van der Waals surface area contributed by atoms with E-state index in [1.807, 2.05) is 0 Å². The zero-order chi connectivity index (χ0) is 14.7. The van der Waals surface area contributed by atoms with Gasteiger partial charge < -0.3 is 9.47 Å². The van der Waals surface area contributed by atoms with Gasteiger partial charge in [-0.25, -0.2) is 4.39 Å². The van der Waals surface area contributed by atoms with Crippen LogP contribution < -0.4 is 0 Å². The van der Waals surface area contributed by atoms with Crippen molar-refractivity contribution in [2.75, 3.05) is 13.2 Å². The van der Waals surface area contributed by atoms with Gasteiger partial charge in [0.1, 0.15) is 5.82 Å². The molecule has 1 aromatic carbocycles. The number of halogens is 1. The summed E-state index contributed by atoms with van der Waals surface area (Å²) in [6, 6.07) is 4.31. The summed E-state index contributed by atoms with van der Waals surface area (Å²) in [7, 11) is 0. The fourth-order valence-electron chi connectivity index (χ4n) is 2.39. The molecule has 0 radical (unpaired) electrons. The highest BCUT2D eigenvalue weighted by Gasteiger charge is 2.40. The minimum absolute atomic E-state index is 0.0797. The van der Waals surface area contributed by atoms with Crippen molar-refractivity contribution in [1.29, 1.82) is 0 Å². The van der Waals surface area contributed by atoms with Crippen LogP contribution in [0.3, 0.4) is 0 Å². The van der Waals surface area contributed by atoms with Crippen LogP contribution in [0.2, 0.25) is 0 Å². The summed E-state index contributed by atoms with van der Waals surface area (Å²) in [5.74, 6) is -2.15. The van der Waals surface area contributed by atoms with Gasteiger partial charge in [0.15, 0.2) is 11.6 Å². The van der Waals surface area contributed by atoms with Crippen LogP contribution in [0.4, 0.5) is 4.39 Å². The molecule has 108 valence electrons. The number of carbonyl (C=O) groups is 2. The zero-order valence-electron chi connectivity index (χ0n) is 11.5. The largest absolute Gasteiger partial charge is 0.346 e. The van der Waals surface area contributed by atoms with E-state index in [-0.39, 0.29) is 17.8 Å². The third-order valence-electron chi connectivity index (χ3n) is 3.32. The van der Waals surface area contributed by atoms with Gasteiger partial charge in [-0.2, -0.15) is 0 Å². The normalized spacial score (nSPS) is 17.6. The molecule has 0 spiro atoms. The molecule has 0 fully saturated rings. The Morgan fingerprint density at radius 3 is 2.55 bits per heavy atom. The number of rotatable bonds is 6. The molecule has 20 heavy (non-hydrogen) atoms. The molecule has 1 aliphatic rings. The van der Waals surface area contributed by atoms with Crippen molar-refractivity contribution in [3.63, 3.8) is 0 Å². The molecule has 0 amide bonds. The number of benzene rings is 1. The molecule has 0 saturated carbocycles. The molecule has 1 unspecified atom stereocenters. The second-order valence-corrected chi connectivity index (χ2v) is 4.53. The van der Waals surface area contributed by atoms with E-state index in [9.17, 15) is 14.0 Å². The van der Waals surface area contributed by atoms with Crippen LogP contribution in [0.5, 0.6) is 0 Å². The standard InChI is InChI=1S/C15H17FO4/c1-3-19-15(20-4-2)14(18)11-8-10-9(13(11)17)6-5-7-12(10)16/h5-7,11,15H,3-4,8H2,1-2H3. The van der Waals surface area contributed by atoms with Crippen LogP contribution in [-0.4, -0.2) is 31.1 Å². The second kappa shape index (κ2) is 6.24. The Labute approximate surface area is 116 Å². The molecule has 2 rings (SSSR count). The average molecular weight is 280 g/mol. The Balaban J connectivity index is 2.21. The van der Waals surface area contributed by atoms with Gasteiger partial charge in [0.05, 0.1) is 5.92 Å². The summed E-state index contributed by atoms with van der Waals surface area (Å²) in [5, 5.41) is 0. The quantitative estimate of drug-likeness (QED) is 0.592. The molecule has 5 heteroatoms. The van der Waals surface area contributed by atoms with Gasteiger partial charge in [0.2, 0.25) is 6.29 Å². The molecule has 0 heterocycles. The van der Waals surface area contributed by atoms with Gasteiger partial charge in [-0.15, -0.1) is 0 Å². The van der Waals surface area contributed by atoms with Crippen LogP contribution in [-0.2, 0) is 20.7 Å². The minimum Gasteiger partial charge on any atom is -0.346 e. The lowest BCUT2D eigenvalue weighted by atomic mass is 9.99. The number of ketones is 2. The highest BCUT2D eigenvalue weighted by atomic mass is 19.1. The summed E-state index contributed by atoms with van der Waals surface area (Å²) in [6.07, 6.45) is -0.979. The van der Waals surface area contributed by atoms with E-state index in [4.69, 9.17) is 9.47 Å². The number of hydrogen-bond acceptors (Lipinski definition) is 4. The highest BCUT2D eigenvalue weighted by molar-refractivity contribution is 6.14. The molecule has 1 aromatic rings. The van der Waals surface area contributed by atoms with E-state index in [0.717, 1.165) is 0 Å². The molecule has 0 saturated heterocycles. The maximum Gasteiger partial charge on any atom is 0.218 e. The Morgan fingerprint density at radius 1 is 1.35 bits per heavy atom. The van der Waals surface area contributed by atoms with E-state index in [2.05, 4.69) is 0 Å². The number of fused-ring (bicyclic) bond motifs is 1. The summed E-state index contributed by atoms with van der Waals surface area (Å²) in [6.45, 7) is 4.09. The van der Waals surface area contributed by atoms with Crippen LogP contribution in [0.25, 0.3) is 0 Å². The maximum atomic E-state index is 13.7. The third-order valence-corrected chi connectivity index (χ3v) is 3.32. The van der Waals surface area contributed by atoms with Gasteiger partial charge in [-0.1, -0.05) is 12.1 Å². The molecule has 4 nitrogen and oxygen atoms in total. The van der Waals surface area contributed by atoms with Gasteiger partial charge in [-0.05, 0) is 31.9 Å². The number of ether oxygens (including phenoxy) is 2. The second-order valence-electron chi connectivity index (χ2n) is 4.53.